The lowest BCUT2D eigenvalue weighted by Crippen LogP contribution is -2.45. The van der Waals surface area contributed by atoms with Crippen LogP contribution in [0.3, 0.4) is 0 Å². The molecule has 3 rings (SSSR count). The molecule has 0 saturated heterocycles. The number of rotatable bonds is 9. The molecule has 0 aromatic heterocycles. The molecule has 2 N–H and O–H groups in total. The molecular weight excluding hydrogens is 481 g/mol. The number of halogens is 3. The Morgan fingerprint density at radius 2 is 1.66 bits per heavy atom. The lowest BCUT2D eigenvalue weighted by Gasteiger charge is -2.21. The van der Waals surface area contributed by atoms with Gasteiger partial charge >= 0.3 is 6.18 Å². The van der Waals surface area contributed by atoms with Gasteiger partial charge in [-0.1, -0.05) is 42.5 Å². The van der Waals surface area contributed by atoms with Crippen LogP contribution in [0.4, 0.5) is 18.9 Å². The minimum absolute atomic E-state index is 0.0733. The first-order valence-corrected chi connectivity index (χ1v) is 12.3. The molecule has 0 radical (unpaired) electrons. The van der Waals surface area contributed by atoms with E-state index in [0.717, 1.165) is 12.1 Å². The van der Waals surface area contributed by atoms with Gasteiger partial charge in [0.05, 0.1) is 22.8 Å². The monoisotopic (exact) mass is 506 g/mol. The Morgan fingerprint density at radius 3 is 2.29 bits per heavy atom. The van der Waals surface area contributed by atoms with Crippen LogP contribution in [0, 0.1) is 6.92 Å². The van der Waals surface area contributed by atoms with Gasteiger partial charge in [-0.05, 0) is 61.7 Å². The zero-order valence-corrected chi connectivity index (χ0v) is 19.9. The smallest absolute Gasteiger partial charge is 0.418 e. The second kappa shape index (κ2) is 10.9. The van der Waals surface area contributed by atoms with Crippen LogP contribution in [0.1, 0.15) is 23.6 Å². The highest BCUT2D eigenvalue weighted by atomic mass is 32.2. The Kier molecular flexibility index (Phi) is 8.18. The van der Waals surface area contributed by atoms with Crippen molar-refractivity contribution in [2.75, 3.05) is 11.9 Å². The molecular formula is C25H25F3N2O4S. The number of alkyl halides is 3. The number of ether oxygens (including phenoxy) is 1. The fourth-order valence-electron chi connectivity index (χ4n) is 3.46. The molecule has 35 heavy (non-hydrogen) atoms. The second-order valence-electron chi connectivity index (χ2n) is 7.76. The number of carbonyl (C=O) groups excluding carboxylic acids is 1. The molecule has 186 valence electrons. The summed E-state index contributed by atoms with van der Waals surface area (Å²) in [7, 11) is -4.20. The molecule has 10 heteroatoms. The molecule has 0 saturated carbocycles. The SMILES string of the molecule is CCOc1ccc(S(=O)(=O)N[C@@H](Cc2ccccc2)C(=O)Nc2ccccc2C(F)(F)F)cc1C. The van der Waals surface area contributed by atoms with Gasteiger partial charge < -0.3 is 10.1 Å². The van der Waals surface area contributed by atoms with E-state index in [1.54, 1.807) is 44.2 Å². The maximum atomic E-state index is 13.4. The van der Waals surface area contributed by atoms with E-state index in [9.17, 15) is 26.4 Å². The van der Waals surface area contributed by atoms with Crippen molar-refractivity contribution in [3.8, 4) is 5.75 Å². The topological polar surface area (TPSA) is 84.5 Å². The minimum atomic E-state index is -4.70. The van der Waals surface area contributed by atoms with Crippen molar-refractivity contribution in [2.24, 2.45) is 0 Å². The lowest BCUT2D eigenvalue weighted by molar-refractivity contribution is -0.137. The van der Waals surface area contributed by atoms with Gasteiger partial charge in [0.15, 0.2) is 0 Å². The molecule has 3 aromatic rings. The fraction of sp³-hybridized carbons (Fsp3) is 0.240. The molecule has 0 aliphatic heterocycles. The lowest BCUT2D eigenvalue weighted by atomic mass is 10.1. The molecule has 3 aromatic carbocycles. The van der Waals surface area contributed by atoms with E-state index >= 15 is 0 Å². The van der Waals surface area contributed by atoms with E-state index in [1.165, 1.54) is 30.3 Å². The van der Waals surface area contributed by atoms with E-state index in [2.05, 4.69) is 10.0 Å². The van der Waals surface area contributed by atoms with Gasteiger partial charge in [-0.2, -0.15) is 17.9 Å². The van der Waals surface area contributed by atoms with E-state index in [1.807, 2.05) is 0 Å². The number of amides is 1. The van der Waals surface area contributed by atoms with Gasteiger partial charge in [0, 0.05) is 0 Å². The van der Waals surface area contributed by atoms with Gasteiger partial charge in [-0.3, -0.25) is 4.79 Å². The molecule has 0 unspecified atom stereocenters. The molecule has 1 atom stereocenters. The van der Waals surface area contributed by atoms with Crippen LogP contribution < -0.4 is 14.8 Å². The van der Waals surface area contributed by atoms with Crippen LogP contribution in [-0.4, -0.2) is 27.0 Å². The normalized spacial score (nSPS) is 12.7. The van der Waals surface area contributed by atoms with Crippen LogP contribution in [0.25, 0.3) is 0 Å². The molecule has 0 bridgehead atoms. The van der Waals surface area contributed by atoms with Crippen molar-refractivity contribution >= 4 is 21.6 Å². The van der Waals surface area contributed by atoms with Gasteiger partial charge in [-0.25, -0.2) is 8.42 Å². The summed E-state index contributed by atoms with van der Waals surface area (Å²) in [5, 5.41) is 2.24. The Labute approximate surface area is 202 Å². The predicted molar refractivity (Wildman–Crippen MR) is 127 cm³/mol. The van der Waals surface area contributed by atoms with Gasteiger partial charge in [0.25, 0.3) is 0 Å². The van der Waals surface area contributed by atoms with Crippen LogP contribution in [0.2, 0.25) is 0 Å². The largest absolute Gasteiger partial charge is 0.494 e. The standard InChI is InChI=1S/C25H25F3N2O4S/c1-3-34-23-14-13-19(15-17(23)2)35(32,33)30-22(16-18-9-5-4-6-10-18)24(31)29-21-12-8-7-11-20(21)25(26,27)28/h4-15,22,30H,3,16H2,1-2H3,(H,29,31)/t22-/m0/s1. The zero-order valence-electron chi connectivity index (χ0n) is 19.1. The van der Waals surface area contributed by atoms with Crippen LogP contribution >= 0.6 is 0 Å². The quantitative estimate of drug-likeness (QED) is 0.431. The first-order valence-electron chi connectivity index (χ1n) is 10.8. The molecule has 1 amide bonds. The van der Waals surface area contributed by atoms with E-state index < -0.39 is 39.4 Å². The van der Waals surface area contributed by atoms with E-state index in [0.29, 0.717) is 23.5 Å². The zero-order chi connectivity index (χ0) is 25.6. The first-order chi connectivity index (χ1) is 16.5. The highest BCUT2D eigenvalue weighted by Gasteiger charge is 2.34. The number of nitrogens with one attached hydrogen (secondary N) is 2. The summed E-state index contributed by atoms with van der Waals surface area (Å²) in [5.74, 6) is -0.398. The first kappa shape index (κ1) is 26.2. The maximum absolute atomic E-state index is 13.4. The fourth-order valence-corrected chi connectivity index (χ4v) is 4.74. The third-order valence-corrected chi connectivity index (χ3v) is 6.61. The molecule has 0 heterocycles. The Morgan fingerprint density at radius 1 is 1.00 bits per heavy atom. The summed E-state index contributed by atoms with van der Waals surface area (Å²) in [4.78, 5) is 13.0. The molecule has 0 spiro atoms. The van der Waals surface area contributed by atoms with Gasteiger partial charge in [-0.15, -0.1) is 0 Å². The molecule has 6 nitrogen and oxygen atoms in total. The maximum Gasteiger partial charge on any atom is 0.418 e. The molecule has 0 aliphatic rings. The summed E-state index contributed by atoms with van der Waals surface area (Å²) in [5.41, 5.74) is -0.281. The summed E-state index contributed by atoms with van der Waals surface area (Å²) in [6.07, 6.45) is -4.77. The van der Waals surface area contributed by atoms with Crippen molar-refractivity contribution in [1.82, 2.24) is 4.72 Å². The van der Waals surface area contributed by atoms with Crippen LogP contribution in [0.5, 0.6) is 5.75 Å². The van der Waals surface area contributed by atoms with Gasteiger partial charge in [0.1, 0.15) is 11.8 Å². The summed E-state index contributed by atoms with van der Waals surface area (Å²) >= 11 is 0. The number of anilines is 1. The third-order valence-electron chi connectivity index (χ3n) is 5.14. The average Bonchev–Trinajstić information content (AvgIpc) is 2.80. The number of hydrogen-bond acceptors (Lipinski definition) is 4. The van der Waals surface area contributed by atoms with Crippen molar-refractivity contribution in [3.05, 3.63) is 89.5 Å². The number of sulfonamides is 1. The number of carbonyl (C=O) groups is 1. The second-order valence-corrected chi connectivity index (χ2v) is 9.47. The number of hydrogen-bond donors (Lipinski definition) is 2. The third kappa shape index (κ3) is 6.83. The minimum Gasteiger partial charge on any atom is -0.494 e. The van der Waals surface area contributed by atoms with Crippen LogP contribution in [-0.2, 0) is 27.4 Å². The molecule has 0 aliphatic carbocycles. The summed E-state index contributed by atoms with van der Waals surface area (Å²) in [6, 6.07) is 16.0. The van der Waals surface area contributed by atoms with Crippen LogP contribution in [0.15, 0.2) is 77.7 Å². The summed E-state index contributed by atoms with van der Waals surface area (Å²) in [6.45, 7) is 3.89. The Balaban J connectivity index is 1.92. The van der Waals surface area contributed by atoms with Crippen molar-refractivity contribution in [3.63, 3.8) is 0 Å². The van der Waals surface area contributed by atoms with Gasteiger partial charge in [0.2, 0.25) is 15.9 Å². The highest BCUT2D eigenvalue weighted by molar-refractivity contribution is 7.89. The number of benzene rings is 3. The Hall–Kier alpha value is -3.37. The molecule has 0 fully saturated rings. The average molecular weight is 507 g/mol. The van der Waals surface area contributed by atoms with Crippen molar-refractivity contribution in [1.29, 1.82) is 0 Å². The van der Waals surface area contributed by atoms with E-state index in [-0.39, 0.29) is 11.3 Å². The van der Waals surface area contributed by atoms with E-state index in [4.69, 9.17) is 4.74 Å². The van der Waals surface area contributed by atoms with Crippen molar-refractivity contribution in [2.45, 2.75) is 37.4 Å². The Bertz CT molecular complexity index is 1280. The summed E-state index contributed by atoms with van der Waals surface area (Å²) < 4.78 is 74.2. The number of aryl methyl sites for hydroxylation is 1. The number of para-hydroxylation sites is 1. The highest BCUT2D eigenvalue weighted by Crippen LogP contribution is 2.34. The predicted octanol–water partition coefficient (Wildman–Crippen LogP) is 4.94. The van der Waals surface area contributed by atoms with Crippen molar-refractivity contribution < 1.29 is 31.1 Å².